The number of benzene rings is 1. The van der Waals surface area contributed by atoms with Crippen molar-refractivity contribution in [1.82, 2.24) is 9.97 Å². The third kappa shape index (κ3) is 4.11. The number of aromatic nitrogens is 2. The molecule has 0 amide bonds. The Morgan fingerprint density at radius 1 is 1.30 bits per heavy atom. The van der Waals surface area contributed by atoms with Gasteiger partial charge < -0.3 is 19.7 Å². The van der Waals surface area contributed by atoms with Crippen LogP contribution in [0.25, 0.3) is 0 Å². The number of rotatable bonds is 5. The molecule has 1 N–H and O–H groups in total. The second-order valence-electron chi connectivity index (χ2n) is 5.15. The van der Waals surface area contributed by atoms with E-state index in [1.54, 1.807) is 19.4 Å². The predicted octanol–water partition coefficient (Wildman–Crippen LogP) is 2.70. The Hall–Kier alpha value is -1.86. The molecule has 1 aliphatic rings. The fraction of sp³-hybridized carbons (Fsp3) is 0.375. The fourth-order valence-electron chi connectivity index (χ4n) is 2.50. The van der Waals surface area contributed by atoms with Gasteiger partial charge in [-0.15, -0.1) is 0 Å². The Labute approximate surface area is 144 Å². The Balaban J connectivity index is 1.76. The van der Waals surface area contributed by atoms with Crippen molar-refractivity contribution in [2.45, 2.75) is 6.54 Å². The van der Waals surface area contributed by atoms with Crippen LogP contribution in [0.1, 0.15) is 5.56 Å². The summed E-state index contributed by atoms with van der Waals surface area (Å²) in [5.74, 6) is 1.10. The maximum atomic E-state index is 5.44. The van der Waals surface area contributed by atoms with Crippen molar-refractivity contribution in [1.29, 1.82) is 0 Å². The number of methoxy groups -OCH3 is 1. The van der Waals surface area contributed by atoms with Gasteiger partial charge in [0.25, 0.3) is 0 Å². The average molecular weight is 379 g/mol. The molecule has 1 aromatic heterocycles. The molecule has 0 aliphatic carbocycles. The molecule has 23 heavy (non-hydrogen) atoms. The molecule has 1 fully saturated rings. The van der Waals surface area contributed by atoms with E-state index >= 15 is 0 Å². The summed E-state index contributed by atoms with van der Waals surface area (Å²) in [6.07, 6.45) is 1.68. The van der Waals surface area contributed by atoms with Crippen LogP contribution in [-0.2, 0) is 11.3 Å². The van der Waals surface area contributed by atoms with Gasteiger partial charge in [0.05, 0.1) is 20.3 Å². The van der Waals surface area contributed by atoms with Gasteiger partial charge in [-0.05, 0) is 17.7 Å². The van der Waals surface area contributed by atoms with Gasteiger partial charge in [-0.2, -0.15) is 4.98 Å². The molecule has 0 bridgehead atoms. The summed E-state index contributed by atoms with van der Waals surface area (Å²) in [6, 6.07) is 8.04. The molecular weight excluding hydrogens is 360 g/mol. The molecule has 0 unspecified atom stereocenters. The molecule has 6 nitrogen and oxygen atoms in total. The normalized spacial score (nSPS) is 14.6. The second kappa shape index (κ2) is 7.61. The van der Waals surface area contributed by atoms with E-state index in [1.807, 2.05) is 6.07 Å². The number of halogens is 1. The zero-order chi connectivity index (χ0) is 16.1. The number of anilines is 2. The van der Waals surface area contributed by atoms with Crippen LogP contribution in [0, 0.1) is 0 Å². The Morgan fingerprint density at radius 3 is 2.91 bits per heavy atom. The van der Waals surface area contributed by atoms with Crippen molar-refractivity contribution in [2.75, 3.05) is 43.6 Å². The maximum absolute atomic E-state index is 5.44. The lowest BCUT2D eigenvalue weighted by molar-refractivity contribution is 0.122. The standard InChI is InChI=1S/C16H19BrN4O2/c1-22-15-4-5-18-16(20-15)19-11-12-2-3-13(17)10-14(12)21-6-8-23-9-7-21/h2-5,10H,6-9,11H2,1H3,(H,18,19,20). The van der Waals surface area contributed by atoms with Gasteiger partial charge in [-0.25, -0.2) is 4.98 Å². The fourth-order valence-corrected chi connectivity index (χ4v) is 2.85. The minimum atomic E-state index is 0.548. The van der Waals surface area contributed by atoms with Gasteiger partial charge in [0.15, 0.2) is 0 Å². The molecule has 3 rings (SSSR count). The van der Waals surface area contributed by atoms with Crippen LogP contribution in [0.15, 0.2) is 34.9 Å². The lowest BCUT2D eigenvalue weighted by Crippen LogP contribution is -2.36. The van der Waals surface area contributed by atoms with E-state index in [2.05, 4.69) is 48.2 Å². The van der Waals surface area contributed by atoms with Crippen molar-refractivity contribution in [3.05, 3.63) is 40.5 Å². The Morgan fingerprint density at radius 2 is 2.13 bits per heavy atom. The average Bonchev–Trinajstić information content (AvgIpc) is 2.61. The molecule has 7 heteroatoms. The highest BCUT2D eigenvalue weighted by molar-refractivity contribution is 9.10. The number of hydrogen-bond acceptors (Lipinski definition) is 6. The highest BCUT2D eigenvalue weighted by atomic mass is 79.9. The smallest absolute Gasteiger partial charge is 0.226 e. The first-order valence-electron chi connectivity index (χ1n) is 7.48. The van der Waals surface area contributed by atoms with Crippen molar-refractivity contribution in [3.63, 3.8) is 0 Å². The molecule has 1 aromatic carbocycles. The monoisotopic (exact) mass is 378 g/mol. The van der Waals surface area contributed by atoms with Crippen LogP contribution < -0.4 is 15.0 Å². The molecule has 1 saturated heterocycles. The largest absolute Gasteiger partial charge is 0.481 e. The first-order chi connectivity index (χ1) is 11.3. The van der Waals surface area contributed by atoms with E-state index in [-0.39, 0.29) is 0 Å². The van der Waals surface area contributed by atoms with E-state index in [9.17, 15) is 0 Å². The van der Waals surface area contributed by atoms with Gasteiger partial charge >= 0.3 is 0 Å². The second-order valence-corrected chi connectivity index (χ2v) is 6.06. The number of ether oxygens (including phenoxy) is 2. The molecular formula is C16H19BrN4O2. The quantitative estimate of drug-likeness (QED) is 0.862. The van der Waals surface area contributed by atoms with Crippen molar-refractivity contribution in [2.24, 2.45) is 0 Å². The molecule has 0 spiro atoms. The van der Waals surface area contributed by atoms with E-state index in [1.165, 1.54) is 11.3 Å². The maximum Gasteiger partial charge on any atom is 0.226 e. The highest BCUT2D eigenvalue weighted by Gasteiger charge is 2.15. The van der Waals surface area contributed by atoms with Crippen molar-refractivity contribution >= 4 is 27.6 Å². The van der Waals surface area contributed by atoms with E-state index in [0.717, 1.165) is 30.8 Å². The van der Waals surface area contributed by atoms with Gasteiger partial charge in [0.1, 0.15) is 0 Å². The number of hydrogen-bond donors (Lipinski definition) is 1. The Bertz CT molecular complexity index is 662. The molecule has 2 aromatic rings. The first-order valence-corrected chi connectivity index (χ1v) is 8.27. The minimum absolute atomic E-state index is 0.548. The number of nitrogens with zero attached hydrogens (tertiary/aromatic N) is 3. The molecule has 1 aliphatic heterocycles. The Kier molecular flexibility index (Phi) is 5.30. The SMILES string of the molecule is COc1ccnc(NCc2ccc(Br)cc2N2CCOCC2)n1. The van der Waals surface area contributed by atoms with E-state index < -0.39 is 0 Å². The van der Waals surface area contributed by atoms with E-state index in [0.29, 0.717) is 18.4 Å². The summed E-state index contributed by atoms with van der Waals surface area (Å²) in [7, 11) is 1.59. The molecule has 2 heterocycles. The summed E-state index contributed by atoms with van der Waals surface area (Å²) < 4.78 is 11.6. The molecule has 0 saturated carbocycles. The lowest BCUT2D eigenvalue weighted by atomic mass is 10.1. The number of nitrogens with one attached hydrogen (secondary N) is 1. The summed E-state index contributed by atoms with van der Waals surface area (Å²) >= 11 is 3.56. The number of morpholine rings is 1. The van der Waals surface area contributed by atoms with Crippen LogP contribution in [-0.4, -0.2) is 43.4 Å². The van der Waals surface area contributed by atoms with Crippen molar-refractivity contribution in [3.8, 4) is 5.88 Å². The topological polar surface area (TPSA) is 59.5 Å². The zero-order valence-electron chi connectivity index (χ0n) is 13.0. The van der Waals surface area contributed by atoms with E-state index in [4.69, 9.17) is 9.47 Å². The van der Waals surface area contributed by atoms with Gasteiger partial charge in [-0.1, -0.05) is 22.0 Å². The van der Waals surface area contributed by atoms with Gasteiger partial charge in [0.2, 0.25) is 11.8 Å². The summed E-state index contributed by atoms with van der Waals surface area (Å²) in [5.41, 5.74) is 2.40. The molecule has 0 radical (unpaired) electrons. The minimum Gasteiger partial charge on any atom is -0.481 e. The summed E-state index contributed by atoms with van der Waals surface area (Å²) in [6.45, 7) is 3.97. The lowest BCUT2D eigenvalue weighted by Gasteiger charge is -2.31. The summed E-state index contributed by atoms with van der Waals surface area (Å²) in [4.78, 5) is 10.8. The van der Waals surface area contributed by atoms with Gasteiger partial charge in [0, 0.05) is 42.1 Å². The third-order valence-corrected chi connectivity index (χ3v) is 4.17. The third-order valence-electron chi connectivity index (χ3n) is 3.68. The van der Waals surface area contributed by atoms with Crippen LogP contribution in [0.2, 0.25) is 0 Å². The van der Waals surface area contributed by atoms with Gasteiger partial charge in [-0.3, -0.25) is 0 Å². The molecule has 122 valence electrons. The summed E-state index contributed by atoms with van der Waals surface area (Å²) in [5, 5.41) is 3.26. The van der Waals surface area contributed by atoms with Crippen molar-refractivity contribution < 1.29 is 9.47 Å². The first kappa shape index (κ1) is 16.0. The highest BCUT2D eigenvalue weighted by Crippen LogP contribution is 2.26. The van der Waals surface area contributed by atoms with Crippen LogP contribution in [0.5, 0.6) is 5.88 Å². The predicted molar refractivity (Wildman–Crippen MR) is 93.1 cm³/mol. The molecule has 0 atom stereocenters. The van der Waals surface area contributed by atoms with Crippen LogP contribution in [0.4, 0.5) is 11.6 Å². The van der Waals surface area contributed by atoms with Crippen LogP contribution in [0.3, 0.4) is 0 Å². The zero-order valence-corrected chi connectivity index (χ0v) is 14.5. The van der Waals surface area contributed by atoms with Crippen LogP contribution >= 0.6 is 15.9 Å².